The van der Waals surface area contributed by atoms with Crippen molar-refractivity contribution in [1.29, 1.82) is 0 Å². The van der Waals surface area contributed by atoms with E-state index in [0.29, 0.717) is 23.1 Å². The molecule has 6 heteroatoms. The second kappa shape index (κ2) is 6.00. The fourth-order valence-electron chi connectivity index (χ4n) is 5.93. The van der Waals surface area contributed by atoms with Gasteiger partial charge < -0.3 is 10.4 Å². The SMILES string of the molecule is O=C(O)c1cccc2c1N[C@H](c1cccc(C(F)(F)F)c1)[C@@H]1[C@H]3CC[C@@H](C3)[C@H]21. The van der Waals surface area contributed by atoms with Crippen LogP contribution in [-0.4, -0.2) is 11.1 Å². The zero-order valence-corrected chi connectivity index (χ0v) is 15.0. The van der Waals surface area contributed by atoms with Gasteiger partial charge in [0.05, 0.1) is 22.9 Å². The number of hydrogen-bond donors (Lipinski definition) is 2. The van der Waals surface area contributed by atoms with Crippen molar-refractivity contribution in [2.75, 3.05) is 5.32 Å². The highest BCUT2D eigenvalue weighted by atomic mass is 19.4. The normalized spacial score (nSPS) is 30.5. The molecule has 5 atom stereocenters. The lowest BCUT2D eigenvalue weighted by Crippen LogP contribution is -2.36. The smallest absolute Gasteiger partial charge is 0.416 e. The van der Waals surface area contributed by atoms with E-state index in [4.69, 9.17) is 0 Å². The molecule has 2 aromatic rings. The van der Waals surface area contributed by atoms with Crippen molar-refractivity contribution in [3.8, 4) is 0 Å². The molecule has 0 saturated heterocycles. The van der Waals surface area contributed by atoms with Crippen molar-refractivity contribution >= 4 is 11.7 Å². The number of halogens is 3. The van der Waals surface area contributed by atoms with Crippen molar-refractivity contribution in [3.63, 3.8) is 0 Å². The van der Waals surface area contributed by atoms with Gasteiger partial charge in [-0.05, 0) is 72.3 Å². The highest BCUT2D eigenvalue weighted by Gasteiger charge is 2.54. The summed E-state index contributed by atoms with van der Waals surface area (Å²) in [6, 6.07) is 10.5. The Morgan fingerprint density at radius 2 is 1.82 bits per heavy atom. The number of hydrogen-bond acceptors (Lipinski definition) is 2. The molecule has 0 unspecified atom stereocenters. The summed E-state index contributed by atoms with van der Waals surface area (Å²) in [5, 5.41) is 13.0. The molecule has 0 spiro atoms. The van der Waals surface area contributed by atoms with Crippen LogP contribution in [0.2, 0.25) is 0 Å². The summed E-state index contributed by atoms with van der Waals surface area (Å²) < 4.78 is 39.8. The van der Waals surface area contributed by atoms with Gasteiger partial charge in [-0.3, -0.25) is 0 Å². The lowest BCUT2D eigenvalue weighted by Gasteiger charge is -2.44. The maximum atomic E-state index is 13.3. The van der Waals surface area contributed by atoms with Crippen LogP contribution in [0.3, 0.4) is 0 Å². The van der Waals surface area contributed by atoms with Crippen LogP contribution in [0.5, 0.6) is 0 Å². The Hall–Kier alpha value is -2.50. The Morgan fingerprint density at radius 3 is 2.57 bits per heavy atom. The van der Waals surface area contributed by atoms with Crippen LogP contribution in [0, 0.1) is 17.8 Å². The van der Waals surface area contributed by atoms with E-state index in [1.54, 1.807) is 18.2 Å². The lowest BCUT2D eigenvalue weighted by molar-refractivity contribution is -0.137. The molecular weight excluding hydrogens is 367 g/mol. The van der Waals surface area contributed by atoms with Crippen LogP contribution in [0.1, 0.15) is 58.3 Å². The third kappa shape index (κ3) is 2.54. The van der Waals surface area contributed by atoms with Crippen LogP contribution in [0.4, 0.5) is 18.9 Å². The predicted molar refractivity (Wildman–Crippen MR) is 98.3 cm³/mol. The second-order valence-corrected chi connectivity index (χ2v) is 8.26. The minimum atomic E-state index is -4.40. The number of aromatic carboxylic acids is 1. The van der Waals surface area contributed by atoms with Gasteiger partial charge in [0, 0.05) is 0 Å². The van der Waals surface area contributed by atoms with Gasteiger partial charge in [0.15, 0.2) is 0 Å². The number of fused-ring (bicyclic) bond motifs is 7. The largest absolute Gasteiger partial charge is 0.478 e. The van der Waals surface area contributed by atoms with Crippen molar-refractivity contribution in [2.45, 2.75) is 37.4 Å². The number of alkyl halides is 3. The Kier molecular flexibility index (Phi) is 3.77. The van der Waals surface area contributed by atoms with Gasteiger partial charge in [0.25, 0.3) is 0 Å². The molecule has 3 aliphatic rings. The van der Waals surface area contributed by atoms with Crippen LogP contribution in [0.15, 0.2) is 42.5 Å². The summed E-state index contributed by atoms with van der Waals surface area (Å²) in [5.74, 6) is 0.318. The minimum Gasteiger partial charge on any atom is -0.478 e. The number of nitrogens with one attached hydrogen (secondary N) is 1. The van der Waals surface area contributed by atoms with Crippen molar-refractivity contribution in [3.05, 3.63) is 64.7 Å². The maximum Gasteiger partial charge on any atom is 0.416 e. The van der Waals surface area contributed by atoms with E-state index in [2.05, 4.69) is 5.32 Å². The Labute approximate surface area is 160 Å². The monoisotopic (exact) mass is 387 g/mol. The van der Waals surface area contributed by atoms with E-state index in [-0.39, 0.29) is 23.4 Å². The molecule has 0 amide bonds. The molecule has 146 valence electrons. The number of carboxylic acid groups (broad SMARTS) is 1. The standard InChI is InChI=1S/C22H20F3NO2/c23-22(24,25)14-4-1-3-13(10-14)19-18-12-8-7-11(9-12)17(18)15-5-2-6-16(21(27)28)20(15)26-19/h1-6,10-12,17-19,26H,7-9H2,(H,27,28)/t11-,12-,17+,18+,19+/m0/s1. The molecule has 2 aromatic carbocycles. The summed E-state index contributed by atoms with van der Waals surface area (Å²) in [4.78, 5) is 11.8. The Morgan fingerprint density at radius 1 is 1.07 bits per heavy atom. The molecule has 2 aliphatic carbocycles. The van der Waals surface area contributed by atoms with Gasteiger partial charge in [0.2, 0.25) is 0 Å². The maximum absolute atomic E-state index is 13.3. The van der Waals surface area contributed by atoms with Crippen LogP contribution < -0.4 is 5.32 Å². The van der Waals surface area contributed by atoms with Gasteiger partial charge in [-0.25, -0.2) is 4.79 Å². The number of para-hydroxylation sites is 1. The highest BCUT2D eigenvalue weighted by Crippen LogP contribution is 2.64. The molecule has 2 saturated carbocycles. The van der Waals surface area contributed by atoms with E-state index in [0.717, 1.165) is 30.9 Å². The van der Waals surface area contributed by atoms with Gasteiger partial charge in [-0.2, -0.15) is 13.2 Å². The zero-order valence-electron chi connectivity index (χ0n) is 15.0. The third-order valence-electron chi connectivity index (χ3n) is 6.92. The first kappa shape index (κ1) is 17.6. The van der Waals surface area contributed by atoms with Gasteiger partial charge in [-0.1, -0.05) is 24.3 Å². The molecule has 1 heterocycles. The summed E-state index contributed by atoms with van der Waals surface area (Å²) in [6.07, 6.45) is -1.12. The summed E-state index contributed by atoms with van der Waals surface area (Å²) in [7, 11) is 0. The Bertz CT molecular complexity index is 955. The molecule has 1 aliphatic heterocycles. The molecule has 28 heavy (non-hydrogen) atoms. The molecule has 5 rings (SSSR count). The second-order valence-electron chi connectivity index (χ2n) is 8.26. The van der Waals surface area contributed by atoms with Gasteiger partial charge >= 0.3 is 12.1 Å². The molecule has 2 bridgehead atoms. The van der Waals surface area contributed by atoms with Crippen molar-refractivity contribution < 1.29 is 23.1 Å². The first-order valence-corrected chi connectivity index (χ1v) is 9.64. The fourth-order valence-corrected chi connectivity index (χ4v) is 5.93. The van der Waals surface area contributed by atoms with Crippen LogP contribution in [-0.2, 0) is 6.18 Å². The molecule has 3 nitrogen and oxygen atoms in total. The van der Waals surface area contributed by atoms with E-state index >= 15 is 0 Å². The van der Waals surface area contributed by atoms with E-state index < -0.39 is 17.7 Å². The van der Waals surface area contributed by atoms with E-state index in [9.17, 15) is 23.1 Å². The predicted octanol–water partition coefficient (Wildman–Crippen LogP) is 5.70. The number of rotatable bonds is 2. The molecular formula is C22H20F3NO2. The average Bonchev–Trinajstić information content (AvgIpc) is 3.28. The zero-order chi connectivity index (χ0) is 19.6. The van der Waals surface area contributed by atoms with Crippen LogP contribution >= 0.6 is 0 Å². The fraction of sp³-hybridized carbons (Fsp3) is 0.409. The topological polar surface area (TPSA) is 49.3 Å². The van der Waals surface area contributed by atoms with Crippen molar-refractivity contribution in [1.82, 2.24) is 0 Å². The lowest BCUT2D eigenvalue weighted by atomic mass is 9.67. The average molecular weight is 387 g/mol. The van der Waals surface area contributed by atoms with E-state index in [1.165, 1.54) is 12.1 Å². The minimum absolute atomic E-state index is 0.190. The highest BCUT2D eigenvalue weighted by molar-refractivity contribution is 5.95. The first-order valence-electron chi connectivity index (χ1n) is 9.64. The number of carbonyl (C=O) groups is 1. The number of anilines is 1. The van der Waals surface area contributed by atoms with Gasteiger partial charge in [-0.15, -0.1) is 0 Å². The molecule has 0 aromatic heterocycles. The summed E-state index contributed by atoms with van der Waals surface area (Å²) >= 11 is 0. The quantitative estimate of drug-likeness (QED) is 0.695. The van der Waals surface area contributed by atoms with Gasteiger partial charge in [0.1, 0.15) is 0 Å². The first-order chi connectivity index (χ1) is 13.3. The Balaban J connectivity index is 1.65. The number of benzene rings is 2. The summed E-state index contributed by atoms with van der Waals surface area (Å²) in [5.41, 5.74) is 1.70. The summed E-state index contributed by atoms with van der Waals surface area (Å²) in [6.45, 7) is 0. The van der Waals surface area contributed by atoms with E-state index in [1.807, 2.05) is 6.07 Å². The molecule has 2 N–H and O–H groups in total. The third-order valence-corrected chi connectivity index (χ3v) is 6.92. The van der Waals surface area contributed by atoms with Crippen LogP contribution in [0.25, 0.3) is 0 Å². The van der Waals surface area contributed by atoms with Crippen molar-refractivity contribution in [2.24, 2.45) is 17.8 Å². The number of carboxylic acids is 1. The molecule has 0 radical (unpaired) electrons. The molecule has 2 fully saturated rings.